The number of hydrogen-bond donors (Lipinski definition) is 0. The van der Waals surface area contributed by atoms with Crippen LogP contribution in [-0.2, 0) is 12.4 Å². The highest BCUT2D eigenvalue weighted by molar-refractivity contribution is 7.97. The van der Waals surface area contributed by atoms with Gasteiger partial charge < -0.3 is 14.7 Å². The molecule has 5 nitrogen and oxygen atoms in total. The minimum absolute atomic E-state index is 0.141. The first kappa shape index (κ1) is 66.1. The molecule has 9 rings (SSSR count). The summed E-state index contributed by atoms with van der Waals surface area (Å²) in [4.78, 5) is 28.0. The van der Waals surface area contributed by atoms with Gasteiger partial charge in [0.1, 0.15) is 66.0 Å². The number of alkyl halides is 6. The van der Waals surface area contributed by atoms with E-state index in [1.807, 2.05) is 60.7 Å². The van der Waals surface area contributed by atoms with Gasteiger partial charge >= 0.3 is 12.4 Å². The van der Waals surface area contributed by atoms with Gasteiger partial charge in [-0.15, -0.1) is 0 Å². The third kappa shape index (κ3) is 15.4. The van der Waals surface area contributed by atoms with Crippen molar-refractivity contribution in [2.45, 2.75) is 95.4 Å². The minimum atomic E-state index is -5.05. The Hall–Kier alpha value is -7.46. The molecule has 0 amide bonds. The molecule has 444 valence electrons. The van der Waals surface area contributed by atoms with Crippen LogP contribution in [0.25, 0.3) is 0 Å². The Labute approximate surface area is 504 Å². The molecular weight excluding hydrogens is 1130 g/mol. The number of hydrogen-bond acceptors (Lipinski definition) is 5. The average Bonchev–Trinajstić information content (AvgIpc) is 1.61. The normalized spacial score (nSPS) is 11.7. The van der Waals surface area contributed by atoms with Gasteiger partial charge in [-0.2, -0.15) is 26.3 Å². The zero-order chi connectivity index (χ0) is 63.1. The number of ketones is 2. The van der Waals surface area contributed by atoms with Gasteiger partial charge in [0.25, 0.3) is 0 Å². The SMILES string of the molecule is Cc1ccc(C)c([P+](CC(=O)c2ccccc2)(c2cc(C)ccc2C)c2cc(C)ccc2C)c1.Cc1ccc(C)c([P+](CC(=O)c2ccccc2)(c2cc(C)ccc2C)c2cc(C)ccc2C)c1.[O-]B([O-])Oc1cc(C(F)(F)F)cc(C(F)(F)F)c1. The van der Waals surface area contributed by atoms with E-state index in [2.05, 4.69) is 197 Å². The van der Waals surface area contributed by atoms with Gasteiger partial charge in [-0.1, -0.05) is 133 Å². The number of aryl methyl sites for hydroxylation is 12. The Bertz CT molecular complexity index is 3400. The number of benzene rings is 9. The van der Waals surface area contributed by atoms with Crippen molar-refractivity contribution in [3.8, 4) is 5.75 Å². The van der Waals surface area contributed by atoms with Crippen LogP contribution in [0.2, 0.25) is 0 Å². The van der Waals surface area contributed by atoms with E-state index < -0.39 is 51.1 Å². The van der Waals surface area contributed by atoms with Crippen LogP contribution >= 0.6 is 14.5 Å². The molecule has 0 aliphatic heterocycles. The Morgan fingerprint density at radius 1 is 0.360 bits per heavy atom. The molecule has 9 aromatic carbocycles. The molecular formula is C72H71BF6O5P2. The minimum Gasteiger partial charge on any atom is -0.860 e. The molecule has 0 N–H and O–H groups in total. The van der Waals surface area contributed by atoms with Crippen LogP contribution in [0.4, 0.5) is 26.3 Å². The summed E-state index contributed by atoms with van der Waals surface area (Å²) in [5, 5.41) is 28.1. The lowest BCUT2D eigenvalue weighted by atomic mass is 10.1. The fourth-order valence-corrected chi connectivity index (χ4v) is 21.5. The van der Waals surface area contributed by atoms with E-state index in [4.69, 9.17) is 0 Å². The summed E-state index contributed by atoms with van der Waals surface area (Å²) in [7, 11) is -7.66. The molecule has 0 aliphatic carbocycles. The van der Waals surface area contributed by atoms with Gasteiger partial charge in [-0.05, 0) is 204 Å². The fourth-order valence-electron chi connectivity index (χ4n) is 11.0. The van der Waals surface area contributed by atoms with Crippen LogP contribution in [-0.4, -0.2) is 31.2 Å². The molecule has 9 aromatic rings. The van der Waals surface area contributed by atoms with E-state index in [9.17, 15) is 46.0 Å². The van der Waals surface area contributed by atoms with Crippen LogP contribution < -0.4 is 46.5 Å². The van der Waals surface area contributed by atoms with Crippen molar-refractivity contribution in [3.63, 3.8) is 0 Å². The third-order valence-electron chi connectivity index (χ3n) is 15.4. The summed E-state index contributed by atoms with van der Waals surface area (Å²) in [5.41, 5.74) is 13.1. The van der Waals surface area contributed by atoms with E-state index in [0.29, 0.717) is 12.3 Å². The molecule has 0 saturated carbocycles. The third-order valence-corrected chi connectivity index (χ3v) is 24.8. The first-order chi connectivity index (χ1) is 40.4. The van der Waals surface area contributed by atoms with E-state index >= 15 is 0 Å². The molecule has 0 spiro atoms. The van der Waals surface area contributed by atoms with E-state index in [1.165, 1.54) is 98.6 Å². The molecule has 0 heterocycles. The second-order valence-corrected chi connectivity index (χ2v) is 29.2. The van der Waals surface area contributed by atoms with Gasteiger partial charge in [0.05, 0.1) is 16.9 Å². The summed E-state index contributed by atoms with van der Waals surface area (Å²) < 4.78 is 77.5. The number of Topliss-reactive ketones (excluding diaryl/α,β-unsaturated/α-hetero) is 2. The molecule has 0 saturated heterocycles. The number of rotatable bonds is 14. The Kier molecular flexibility index (Phi) is 21.1. The van der Waals surface area contributed by atoms with Gasteiger partial charge in [0.15, 0.2) is 0 Å². The fraction of sp³-hybridized carbons (Fsp3) is 0.222. The van der Waals surface area contributed by atoms with E-state index in [1.54, 1.807) is 0 Å². The van der Waals surface area contributed by atoms with Crippen molar-refractivity contribution >= 4 is 65.2 Å². The highest BCUT2D eigenvalue weighted by Crippen LogP contribution is 2.59. The van der Waals surface area contributed by atoms with Crippen molar-refractivity contribution in [2.24, 2.45) is 0 Å². The second-order valence-electron chi connectivity index (χ2n) is 22.4. The molecule has 0 fully saturated rings. The standard InChI is InChI=1S/2C32H34OP.C8H3BF6O3/c2*1-22-12-15-25(4)30(18-22)34(31-19-23(2)13-16-26(31)5,32-20-24(3)14-17-27(32)6)21-29(33)28-10-8-7-9-11-28;10-7(11,12)4-1-5(8(13,14)15)3-6(2-4)18-9(16)17/h2*7-20H,21H2,1-6H3;1-3H/q2*+1;-2. The second kappa shape index (κ2) is 27.5. The van der Waals surface area contributed by atoms with Crippen LogP contribution in [0.3, 0.4) is 0 Å². The van der Waals surface area contributed by atoms with Crippen LogP contribution in [0.5, 0.6) is 5.75 Å². The maximum absolute atomic E-state index is 14.0. The van der Waals surface area contributed by atoms with Crippen molar-refractivity contribution in [1.29, 1.82) is 0 Å². The Morgan fingerprint density at radius 3 is 0.802 bits per heavy atom. The maximum Gasteiger partial charge on any atom is 0.416 e. The van der Waals surface area contributed by atoms with Crippen molar-refractivity contribution in [1.82, 2.24) is 0 Å². The molecule has 0 atom stereocenters. The quantitative estimate of drug-likeness (QED) is 0.0468. The largest absolute Gasteiger partial charge is 0.860 e. The molecule has 14 heteroatoms. The van der Waals surface area contributed by atoms with Crippen molar-refractivity contribution < 1.29 is 50.6 Å². The van der Waals surface area contributed by atoms with Gasteiger partial charge in [0.2, 0.25) is 11.6 Å². The van der Waals surface area contributed by atoms with E-state index in [0.717, 1.165) is 11.1 Å². The van der Waals surface area contributed by atoms with Crippen molar-refractivity contribution in [3.05, 3.63) is 277 Å². The zero-order valence-corrected chi connectivity index (χ0v) is 52.4. The summed E-state index contributed by atoms with van der Waals surface area (Å²) in [6.45, 7) is 26.1. The van der Waals surface area contributed by atoms with Crippen LogP contribution in [0.15, 0.2) is 188 Å². The van der Waals surface area contributed by atoms with Gasteiger partial charge in [0, 0.05) is 11.1 Å². The molecule has 86 heavy (non-hydrogen) atoms. The Morgan fingerprint density at radius 2 is 0.593 bits per heavy atom. The topological polar surface area (TPSA) is 89.5 Å². The van der Waals surface area contributed by atoms with Crippen LogP contribution in [0.1, 0.15) is 98.6 Å². The highest BCUT2D eigenvalue weighted by Gasteiger charge is 2.52. The lowest BCUT2D eigenvalue weighted by Crippen LogP contribution is -2.50. The molecule has 0 aliphatic rings. The summed E-state index contributed by atoms with van der Waals surface area (Å²) in [6, 6.07) is 60.2. The average molecular weight is 1200 g/mol. The van der Waals surface area contributed by atoms with Crippen LogP contribution in [0, 0.1) is 83.1 Å². The monoisotopic (exact) mass is 1200 g/mol. The van der Waals surface area contributed by atoms with Gasteiger partial charge in [-0.25, -0.2) is 0 Å². The first-order valence-electron chi connectivity index (χ1n) is 28.1. The molecule has 0 unspecified atom stereocenters. The molecule has 0 bridgehead atoms. The molecule has 0 aromatic heterocycles. The number of halogens is 6. The lowest BCUT2D eigenvalue weighted by Gasteiger charge is -2.31. The lowest BCUT2D eigenvalue weighted by molar-refractivity contribution is -0.372. The smallest absolute Gasteiger partial charge is 0.416 e. The zero-order valence-electron chi connectivity index (χ0n) is 50.6. The maximum atomic E-state index is 14.0. The summed E-state index contributed by atoms with van der Waals surface area (Å²) >= 11 is 0. The number of carbonyl (C=O) groups excluding carboxylic acids is 2. The summed E-state index contributed by atoms with van der Waals surface area (Å²) in [5.74, 6) is -0.666. The number of carbonyl (C=O) groups is 2. The van der Waals surface area contributed by atoms with Crippen molar-refractivity contribution in [2.75, 3.05) is 12.3 Å². The predicted molar refractivity (Wildman–Crippen MR) is 341 cm³/mol. The highest BCUT2D eigenvalue weighted by atomic mass is 31.2. The molecule has 0 radical (unpaired) electrons. The van der Waals surface area contributed by atoms with E-state index in [-0.39, 0.29) is 29.8 Å². The summed E-state index contributed by atoms with van der Waals surface area (Å²) in [6.07, 6.45) is -9.15. The predicted octanol–water partition coefficient (Wildman–Crippen LogP) is 14.2. The van der Waals surface area contributed by atoms with Gasteiger partial charge in [-0.3, -0.25) is 9.59 Å². The Balaban J connectivity index is 0.000000194. The first-order valence-corrected chi connectivity index (χ1v) is 32.1.